The van der Waals surface area contributed by atoms with Gasteiger partial charge in [-0.15, -0.1) is 0 Å². The maximum Gasteiger partial charge on any atom is 0.124 e. The highest BCUT2D eigenvalue weighted by atomic mass is 127. The fourth-order valence-electron chi connectivity index (χ4n) is 2.76. The van der Waals surface area contributed by atoms with Crippen molar-refractivity contribution in [2.24, 2.45) is 0 Å². The summed E-state index contributed by atoms with van der Waals surface area (Å²) in [5, 5.41) is 3.36. The number of benzene rings is 2. The summed E-state index contributed by atoms with van der Waals surface area (Å²) in [5.41, 5.74) is 2.70. The Labute approximate surface area is 134 Å². The van der Waals surface area contributed by atoms with E-state index in [2.05, 4.69) is 93.5 Å². The number of halogens is 1. The number of hydrogen-bond donors (Lipinski definition) is 1. The van der Waals surface area contributed by atoms with Crippen LogP contribution in [0, 0.1) is 0 Å². The maximum absolute atomic E-state index is 3.36. The number of alkyl halides is 1. The molecule has 0 bridgehead atoms. The molecule has 20 heavy (non-hydrogen) atoms. The molecule has 2 aromatic rings. The van der Waals surface area contributed by atoms with Gasteiger partial charge in [0.2, 0.25) is 0 Å². The Morgan fingerprint density at radius 1 is 0.950 bits per heavy atom. The average molecular weight is 378 g/mol. The van der Waals surface area contributed by atoms with E-state index in [4.69, 9.17) is 0 Å². The van der Waals surface area contributed by atoms with Crippen molar-refractivity contribution in [2.75, 3.05) is 20.1 Å². The Kier molecular flexibility index (Phi) is 4.10. The fraction of sp³-hybridized carbons (Fsp3) is 0.294. The van der Waals surface area contributed by atoms with E-state index >= 15 is 0 Å². The Bertz CT molecular complexity index is 510. The molecular formula is C17H19IN2. The molecule has 1 heterocycles. The van der Waals surface area contributed by atoms with Gasteiger partial charge in [-0.3, -0.25) is 4.90 Å². The molecule has 2 nitrogen and oxygen atoms in total. The molecular weight excluding hydrogens is 359 g/mol. The standard InChI is InChI=1S/C17H19IN2/c1-19-16-12-20(13-16)17(18,14-8-4-2-5-9-14)15-10-6-3-7-11-15/h2-11,16,19H,12-13H2,1H3. The number of likely N-dealkylation sites (tertiary alicyclic amines) is 1. The van der Waals surface area contributed by atoms with Gasteiger partial charge in [0.25, 0.3) is 0 Å². The van der Waals surface area contributed by atoms with Crippen LogP contribution >= 0.6 is 22.6 Å². The number of nitrogens with one attached hydrogen (secondary N) is 1. The zero-order valence-corrected chi connectivity index (χ0v) is 13.7. The molecule has 0 saturated carbocycles. The highest BCUT2D eigenvalue weighted by Gasteiger charge is 2.43. The third kappa shape index (κ3) is 2.38. The molecule has 1 N–H and O–H groups in total. The van der Waals surface area contributed by atoms with Crippen LogP contribution in [0.4, 0.5) is 0 Å². The average Bonchev–Trinajstić information content (AvgIpc) is 2.48. The SMILES string of the molecule is CNC1CN(C(I)(c2ccccc2)c2ccccc2)C1. The van der Waals surface area contributed by atoms with E-state index in [1.54, 1.807) is 0 Å². The van der Waals surface area contributed by atoms with E-state index in [0.717, 1.165) is 13.1 Å². The lowest BCUT2D eigenvalue weighted by Gasteiger charge is -2.50. The molecule has 0 spiro atoms. The van der Waals surface area contributed by atoms with Gasteiger partial charge in [-0.05, 0) is 18.2 Å². The highest BCUT2D eigenvalue weighted by molar-refractivity contribution is 14.1. The van der Waals surface area contributed by atoms with Crippen LogP contribution < -0.4 is 5.32 Å². The van der Waals surface area contributed by atoms with Crippen molar-refractivity contribution in [3.63, 3.8) is 0 Å². The van der Waals surface area contributed by atoms with Crippen LogP contribution in [0.1, 0.15) is 11.1 Å². The van der Waals surface area contributed by atoms with Crippen molar-refractivity contribution in [1.29, 1.82) is 0 Å². The molecule has 0 unspecified atom stereocenters. The molecule has 0 aliphatic carbocycles. The van der Waals surface area contributed by atoms with Crippen LogP contribution in [-0.2, 0) is 3.55 Å². The highest BCUT2D eigenvalue weighted by Crippen LogP contribution is 2.44. The maximum atomic E-state index is 3.36. The van der Waals surface area contributed by atoms with Gasteiger partial charge in [-0.1, -0.05) is 83.3 Å². The van der Waals surface area contributed by atoms with Crippen LogP contribution in [0.25, 0.3) is 0 Å². The van der Waals surface area contributed by atoms with Crippen molar-refractivity contribution in [1.82, 2.24) is 10.2 Å². The summed E-state index contributed by atoms with van der Waals surface area (Å²) < 4.78 is -0.0758. The smallest absolute Gasteiger partial charge is 0.124 e. The Balaban J connectivity index is 2.00. The molecule has 3 rings (SSSR count). The molecule has 0 radical (unpaired) electrons. The van der Waals surface area contributed by atoms with E-state index in [0.29, 0.717) is 6.04 Å². The summed E-state index contributed by atoms with van der Waals surface area (Å²) >= 11 is 2.61. The minimum absolute atomic E-state index is 0.0758. The Morgan fingerprint density at radius 2 is 1.40 bits per heavy atom. The molecule has 0 amide bonds. The Morgan fingerprint density at radius 3 is 1.80 bits per heavy atom. The molecule has 0 atom stereocenters. The summed E-state index contributed by atoms with van der Waals surface area (Å²) in [5.74, 6) is 0. The van der Waals surface area contributed by atoms with Crippen LogP contribution in [0.5, 0.6) is 0 Å². The largest absolute Gasteiger partial charge is 0.315 e. The second-order valence-corrected chi connectivity index (χ2v) is 6.81. The second kappa shape index (κ2) is 5.84. The number of nitrogens with zero attached hydrogens (tertiary/aromatic N) is 1. The minimum Gasteiger partial charge on any atom is -0.315 e. The summed E-state index contributed by atoms with van der Waals surface area (Å²) in [7, 11) is 2.04. The normalized spacial score (nSPS) is 16.9. The minimum atomic E-state index is -0.0758. The molecule has 1 fully saturated rings. The molecule has 2 aromatic carbocycles. The van der Waals surface area contributed by atoms with Crippen LogP contribution in [0.15, 0.2) is 60.7 Å². The van der Waals surface area contributed by atoms with Gasteiger partial charge in [0.1, 0.15) is 3.55 Å². The first-order valence-electron chi connectivity index (χ1n) is 6.97. The van der Waals surface area contributed by atoms with Crippen LogP contribution in [0.2, 0.25) is 0 Å². The second-order valence-electron chi connectivity index (χ2n) is 5.24. The van der Waals surface area contributed by atoms with Crippen LogP contribution in [0.3, 0.4) is 0 Å². The molecule has 1 aliphatic rings. The van der Waals surface area contributed by atoms with E-state index in [1.807, 2.05) is 7.05 Å². The lowest BCUT2D eigenvalue weighted by molar-refractivity contribution is 0.0881. The number of likely N-dealkylation sites (N-methyl/N-ethyl adjacent to an activating group) is 1. The van der Waals surface area contributed by atoms with Crippen LogP contribution in [-0.4, -0.2) is 31.1 Å². The van der Waals surface area contributed by atoms with E-state index in [9.17, 15) is 0 Å². The molecule has 0 aromatic heterocycles. The predicted molar refractivity (Wildman–Crippen MR) is 92.1 cm³/mol. The molecule has 1 saturated heterocycles. The molecule has 3 heteroatoms. The van der Waals surface area contributed by atoms with Crippen molar-refractivity contribution >= 4 is 22.6 Å². The van der Waals surface area contributed by atoms with Gasteiger partial charge in [0.05, 0.1) is 0 Å². The monoisotopic (exact) mass is 378 g/mol. The van der Waals surface area contributed by atoms with Gasteiger partial charge in [0.15, 0.2) is 0 Å². The summed E-state index contributed by atoms with van der Waals surface area (Å²) in [6.45, 7) is 2.17. The van der Waals surface area contributed by atoms with Gasteiger partial charge in [-0.2, -0.15) is 0 Å². The third-order valence-electron chi connectivity index (χ3n) is 4.04. The fourth-order valence-corrected chi connectivity index (χ4v) is 3.88. The molecule has 104 valence electrons. The van der Waals surface area contributed by atoms with Crippen molar-refractivity contribution in [2.45, 2.75) is 9.59 Å². The zero-order valence-electron chi connectivity index (χ0n) is 11.6. The van der Waals surface area contributed by atoms with E-state index in [1.165, 1.54) is 11.1 Å². The van der Waals surface area contributed by atoms with Crippen molar-refractivity contribution in [3.8, 4) is 0 Å². The quantitative estimate of drug-likeness (QED) is 0.499. The van der Waals surface area contributed by atoms with Crippen molar-refractivity contribution < 1.29 is 0 Å². The number of rotatable bonds is 4. The predicted octanol–water partition coefficient (Wildman–Crippen LogP) is 3.23. The van der Waals surface area contributed by atoms with Gasteiger partial charge >= 0.3 is 0 Å². The lowest BCUT2D eigenvalue weighted by Crippen LogP contribution is -2.62. The van der Waals surface area contributed by atoms with Gasteiger partial charge in [-0.25, -0.2) is 0 Å². The van der Waals surface area contributed by atoms with Crippen molar-refractivity contribution in [3.05, 3.63) is 71.8 Å². The summed E-state index contributed by atoms with van der Waals surface area (Å²) in [6, 6.07) is 22.2. The zero-order chi connectivity index (χ0) is 14.0. The lowest BCUT2D eigenvalue weighted by atomic mass is 9.93. The summed E-state index contributed by atoms with van der Waals surface area (Å²) in [6.07, 6.45) is 0. The van der Waals surface area contributed by atoms with E-state index in [-0.39, 0.29) is 3.55 Å². The first kappa shape index (κ1) is 14.0. The van der Waals surface area contributed by atoms with Gasteiger partial charge in [0, 0.05) is 19.1 Å². The molecule has 1 aliphatic heterocycles. The topological polar surface area (TPSA) is 15.3 Å². The van der Waals surface area contributed by atoms with Gasteiger partial charge < -0.3 is 5.32 Å². The third-order valence-corrected chi connectivity index (χ3v) is 5.97. The summed E-state index contributed by atoms with van der Waals surface area (Å²) in [4.78, 5) is 2.54. The Hall–Kier alpha value is -0.910. The number of hydrogen-bond acceptors (Lipinski definition) is 2. The first-order valence-corrected chi connectivity index (χ1v) is 8.05. The van der Waals surface area contributed by atoms with E-state index < -0.39 is 0 Å². The first-order chi connectivity index (χ1) is 9.75.